The third-order valence-corrected chi connectivity index (χ3v) is 7.04. The molecular weight excluding hydrogens is 460 g/mol. The maximum Gasteiger partial charge on any atom is 0.220 e. The number of anilines is 1. The van der Waals surface area contributed by atoms with Gasteiger partial charge in [0.05, 0.1) is 5.52 Å². The van der Waals surface area contributed by atoms with Crippen LogP contribution in [0, 0.1) is 18.8 Å². The van der Waals surface area contributed by atoms with Gasteiger partial charge in [-0.15, -0.1) is 0 Å². The third-order valence-electron chi connectivity index (χ3n) is 7.04. The van der Waals surface area contributed by atoms with Crippen molar-refractivity contribution in [3.8, 4) is 0 Å². The van der Waals surface area contributed by atoms with Gasteiger partial charge in [-0.25, -0.2) is 9.97 Å². The Hall–Kier alpha value is -3.28. The predicted octanol–water partition coefficient (Wildman–Crippen LogP) is 6.38. The standard InChI is InChI=1S/C20H29NO2.C11H13N3/c1-2-6-16-9-11-17(12-10-16)15-21-20(23)14-13-19(22)18-7-4-3-5-8-18;1-8-12-10-7-5-4-6-9(10)11(13-8)14(2)3/h3-5,7-8,16-17H,2,6,9-15H2,1H3,(H,21,23);4-7H,1-3H3. The summed E-state index contributed by atoms with van der Waals surface area (Å²) in [6, 6.07) is 17.2. The second-order valence-electron chi connectivity index (χ2n) is 10.3. The second-order valence-corrected chi connectivity index (χ2v) is 10.3. The molecule has 6 nitrogen and oxygen atoms in total. The molecule has 1 amide bonds. The van der Waals surface area contributed by atoms with Crippen LogP contribution in [-0.2, 0) is 4.79 Å². The fraction of sp³-hybridized carbons (Fsp3) is 0.484. The molecule has 198 valence electrons. The molecule has 0 bridgehead atoms. The van der Waals surface area contributed by atoms with Crippen LogP contribution in [0.25, 0.3) is 10.9 Å². The highest BCUT2D eigenvalue weighted by Crippen LogP contribution is 2.31. The summed E-state index contributed by atoms with van der Waals surface area (Å²) in [6.07, 6.45) is 8.28. The minimum atomic E-state index is 0.00460. The third kappa shape index (κ3) is 8.96. The van der Waals surface area contributed by atoms with Crippen molar-refractivity contribution in [3.63, 3.8) is 0 Å². The number of amides is 1. The first-order chi connectivity index (χ1) is 17.9. The van der Waals surface area contributed by atoms with Crippen LogP contribution in [0.5, 0.6) is 0 Å². The maximum absolute atomic E-state index is 12.0. The molecule has 0 saturated heterocycles. The van der Waals surface area contributed by atoms with Crippen LogP contribution in [0.2, 0.25) is 0 Å². The SMILES string of the molecule is CCCC1CCC(CNC(=O)CCC(=O)c2ccccc2)CC1.Cc1nc(N(C)C)c2ccccc2n1. The summed E-state index contributed by atoms with van der Waals surface area (Å²) in [7, 11) is 3.99. The van der Waals surface area contributed by atoms with Crippen molar-refractivity contribution in [3.05, 3.63) is 66.0 Å². The molecular formula is C31H42N4O2. The summed E-state index contributed by atoms with van der Waals surface area (Å²) in [4.78, 5) is 34.7. The lowest BCUT2D eigenvalue weighted by Gasteiger charge is -2.28. The molecule has 1 fully saturated rings. The lowest BCUT2D eigenvalue weighted by atomic mass is 9.80. The zero-order valence-electron chi connectivity index (χ0n) is 22.9. The van der Waals surface area contributed by atoms with Gasteiger partial charge in [0.2, 0.25) is 5.91 Å². The highest BCUT2D eigenvalue weighted by Gasteiger charge is 2.21. The lowest BCUT2D eigenvalue weighted by Crippen LogP contribution is -2.31. The Labute approximate surface area is 221 Å². The van der Waals surface area contributed by atoms with Crippen molar-refractivity contribution in [1.29, 1.82) is 0 Å². The Morgan fingerprint density at radius 2 is 1.54 bits per heavy atom. The molecule has 2 aromatic carbocycles. The van der Waals surface area contributed by atoms with E-state index in [-0.39, 0.29) is 11.7 Å². The number of aryl methyl sites for hydroxylation is 1. The summed E-state index contributed by atoms with van der Waals surface area (Å²) in [5, 5.41) is 4.11. The average Bonchev–Trinajstić information content (AvgIpc) is 2.91. The van der Waals surface area contributed by atoms with E-state index in [0.29, 0.717) is 24.3 Å². The Bertz CT molecular complexity index is 1140. The van der Waals surface area contributed by atoms with E-state index >= 15 is 0 Å². The highest BCUT2D eigenvalue weighted by molar-refractivity contribution is 5.97. The lowest BCUT2D eigenvalue weighted by molar-refractivity contribution is -0.121. The van der Waals surface area contributed by atoms with Crippen molar-refractivity contribution in [2.45, 2.75) is 65.2 Å². The van der Waals surface area contributed by atoms with Crippen molar-refractivity contribution in [2.24, 2.45) is 11.8 Å². The second kappa shape index (κ2) is 14.5. The molecule has 0 unspecified atom stereocenters. The van der Waals surface area contributed by atoms with Crippen molar-refractivity contribution in [1.82, 2.24) is 15.3 Å². The number of carbonyl (C=O) groups is 2. The minimum Gasteiger partial charge on any atom is -0.362 e. The molecule has 1 aliphatic rings. The van der Waals surface area contributed by atoms with Gasteiger partial charge in [0.25, 0.3) is 0 Å². The van der Waals surface area contributed by atoms with E-state index < -0.39 is 0 Å². The van der Waals surface area contributed by atoms with Gasteiger partial charge in [0.15, 0.2) is 5.78 Å². The van der Waals surface area contributed by atoms with Gasteiger partial charge >= 0.3 is 0 Å². The van der Waals surface area contributed by atoms with E-state index in [1.807, 2.05) is 68.4 Å². The highest BCUT2D eigenvalue weighted by atomic mass is 16.2. The van der Waals surface area contributed by atoms with Crippen LogP contribution < -0.4 is 10.2 Å². The summed E-state index contributed by atoms with van der Waals surface area (Å²) in [5.74, 6) is 3.36. The van der Waals surface area contributed by atoms with Crippen molar-refractivity contribution in [2.75, 3.05) is 25.5 Å². The van der Waals surface area contributed by atoms with Gasteiger partial charge in [-0.1, -0.05) is 75.1 Å². The number of Topliss-reactive ketones (excluding diaryl/α,β-unsaturated/α-hetero) is 1. The van der Waals surface area contributed by atoms with Gasteiger partial charge in [0.1, 0.15) is 11.6 Å². The Morgan fingerprint density at radius 3 is 2.22 bits per heavy atom. The number of nitrogens with zero attached hydrogens (tertiary/aromatic N) is 3. The molecule has 0 aliphatic heterocycles. The summed E-state index contributed by atoms with van der Waals surface area (Å²) in [6.45, 7) is 4.94. The summed E-state index contributed by atoms with van der Waals surface area (Å²) >= 11 is 0. The Morgan fingerprint density at radius 1 is 0.892 bits per heavy atom. The molecule has 1 saturated carbocycles. The molecule has 1 aromatic heterocycles. The number of rotatable bonds is 9. The average molecular weight is 503 g/mol. The normalized spacial score (nSPS) is 17.0. The number of carbonyl (C=O) groups excluding carboxylic acids is 2. The number of fused-ring (bicyclic) bond motifs is 1. The molecule has 3 aromatic rings. The molecule has 0 radical (unpaired) electrons. The molecule has 0 atom stereocenters. The van der Waals surface area contributed by atoms with Gasteiger partial charge in [-0.2, -0.15) is 0 Å². The van der Waals surface area contributed by atoms with Crippen LogP contribution in [-0.4, -0.2) is 42.3 Å². The monoisotopic (exact) mass is 502 g/mol. The first kappa shape index (κ1) is 28.3. The maximum atomic E-state index is 12.0. The molecule has 1 N–H and O–H groups in total. The number of aromatic nitrogens is 2. The topological polar surface area (TPSA) is 75.2 Å². The Balaban J connectivity index is 0.000000231. The Kier molecular flexibility index (Phi) is 11.1. The number of nitrogens with one attached hydrogen (secondary N) is 1. The minimum absolute atomic E-state index is 0.00460. The quantitative estimate of drug-likeness (QED) is 0.344. The van der Waals surface area contributed by atoms with Crippen LogP contribution in [0.15, 0.2) is 54.6 Å². The first-order valence-electron chi connectivity index (χ1n) is 13.6. The molecule has 1 aliphatic carbocycles. The van der Waals surface area contributed by atoms with Crippen LogP contribution in [0.1, 0.15) is 74.5 Å². The van der Waals surface area contributed by atoms with Crippen molar-refractivity contribution >= 4 is 28.4 Å². The first-order valence-corrected chi connectivity index (χ1v) is 13.6. The van der Waals surface area contributed by atoms with E-state index in [1.54, 1.807) is 12.1 Å². The van der Waals surface area contributed by atoms with Gasteiger partial charge in [-0.3, -0.25) is 9.59 Å². The van der Waals surface area contributed by atoms with E-state index in [1.165, 1.54) is 38.5 Å². The van der Waals surface area contributed by atoms with Crippen molar-refractivity contribution < 1.29 is 9.59 Å². The van der Waals surface area contributed by atoms with Crippen LogP contribution in [0.3, 0.4) is 0 Å². The molecule has 37 heavy (non-hydrogen) atoms. The zero-order valence-corrected chi connectivity index (χ0v) is 22.9. The van der Waals surface area contributed by atoms with E-state index in [4.69, 9.17) is 0 Å². The van der Waals surface area contributed by atoms with E-state index in [2.05, 4.69) is 22.2 Å². The van der Waals surface area contributed by atoms with Crippen LogP contribution >= 0.6 is 0 Å². The fourth-order valence-corrected chi connectivity index (χ4v) is 4.99. The summed E-state index contributed by atoms with van der Waals surface area (Å²) < 4.78 is 0. The number of benzene rings is 2. The fourth-order valence-electron chi connectivity index (χ4n) is 4.99. The molecule has 4 rings (SSSR count). The number of hydrogen-bond donors (Lipinski definition) is 1. The molecule has 0 spiro atoms. The zero-order chi connectivity index (χ0) is 26.6. The summed E-state index contributed by atoms with van der Waals surface area (Å²) in [5.41, 5.74) is 1.69. The van der Waals surface area contributed by atoms with Crippen LogP contribution in [0.4, 0.5) is 5.82 Å². The molecule has 1 heterocycles. The largest absolute Gasteiger partial charge is 0.362 e. The predicted molar refractivity (Wildman–Crippen MR) is 152 cm³/mol. The van der Waals surface area contributed by atoms with Gasteiger partial charge in [-0.05, 0) is 43.7 Å². The van der Waals surface area contributed by atoms with Gasteiger partial charge < -0.3 is 10.2 Å². The van der Waals surface area contributed by atoms with E-state index in [9.17, 15) is 9.59 Å². The number of hydrogen-bond acceptors (Lipinski definition) is 5. The number of para-hydroxylation sites is 1. The smallest absolute Gasteiger partial charge is 0.220 e. The number of ketones is 1. The molecule has 6 heteroatoms. The van der Waals surface area contributed by atoms with E-state index in [0.717, 1.165) is 35.0 Å². The van der Waals surface area contributed by atoms with Gasteiger partial charge in [0, 0.05) is 44.4 Å².